The molecule has 2 amide bonds. The number of benzene rings is 2. The Labute approximate surface area is 146 Å². The molecule has 0 bridgehead atoms. The summed E-state index contributed by atoms with van der Waals surface area (Å²) in [5.41, 5.74) is 2.86. The van der Waals surface area contributed by atoms with E-state index in [-0.39, 0.29) is 5.91 Å². The summed E-state index contributed by atoms with van der Waals surface area (Å²) in [4.78, 5) is 24.8. The molecule has 0 heterocycles. The normalized spacial score (nSPS) is 10.5. The van der Waals surface area contributed by atoms with Crippen molar-refractivity contribution in [3.05, 3.63) is 71.8 Å². The molecule has 130 valence electrons. The number of amides is 2. The molecule has 25 heavy (non-hydrogen) atoms. The molecule has 0 spiro atoms. The van der Waals surface area contributed by atoms with Crippen LogP contribution in [0.5, 0.6) is 5.75 Å². The van der Waals surface area contributed by atoms with Gasteiger partial charge in [-0.2, -0.15) is 0 Å². The van der Waals surface area contributed by atoms with Crippen LogP contribution in [-0.2, 0) is 4.79 Å². The second-order valence-electron chi connectivity index (χ2n) is 5.32. The smallest absolute Gasteiger partial charge is 0.274 e. The van der Waals surface area contributed by atoms with Gasteiger partial charge in [-0.05, 0) is 35.9 Å². The first-order valence-electron chi connectivity index (χ1n) is 7.75. The first kappa shape index (κ1) is 18.2. The molecule has 0 unspecified atom stereocenters. The predicted octanol–water partition coefficient (Wildman–Crippen LogP) is 2.36. The largest absolute Gasteiger partial charge is 0.492 e. The number of hydrogen-bond donors (Lipinski definition) is 2. The van der Waals surface area contributed by atoms with Crippen molar-refractivity contribution in [2.24, 2.45) is 0 Å². The van der Waals surface area contributed by atoms with Gasteiger partial charge in [-0.15, -0.1) is 0 Å². The van der Waals surface area contributed by atoms with Gasteiger partial charge < -0.3 is 9.64 Å². The van der Waals surface area contributed by atoms with E-state index in [1.54, 1.807) is 47.8 Å². The SMILES string of the molecule is CN(CCOc1ccc(C(=O)NO)cc1)C(=O)C=Cc1ccccc1. The molecular formula is C19H20N2O4. The lowest BCUT2D eigenvalue weighted by molar-refractivity contribution is -0.125. The molecule has 0 aromatic heterocycles. The molecule has 6 nitrogen and oxygen atoms in total. The van der Waals surface area contributed by atoms with Crippen LogP contribution in [0.4, 0.5) is 0 Å². The van der Waals surface area contributed by atoms with Crippen LogP contribution in [0, 0.1) is 0 Å². The van der Waals surface area contributed by atoms with E-state index in [4.69, 9.17) is 9.94 Å². The first-order valence-corrected chi connectivity index (χ1v) is 7.75. The Morgan fingerprint density at radius 3 is 2.44 bits per heavy atom. The van der Waals surface area contributed by atoms with Crippen LogP contribution < -0.4 is 10.2 Å². The van der Waals surface area contributed by atoms with E-state index in [2.05, 4.69) is 0 Å². The summed E-state index contributed by atoms with van der Waals surface area (Å²) >= 11 is 0. The lowest BCUT2D eigenvalue weighted by Gasteiger charge is -2.15. The minimum Gasteiger partial charge on any atom is -0.492 e. The molecule has 0 saturated heterocycles. The van der Waals surface area contributed by atoms with Gasteiger partial charge in [0, 0.05) is 18.7 Å². The topological polar surface area (TPSA) is 78.9 Å². The highest BCUT2D eigenvalue weighted by atomic mass is 16.5. The fourth-order valence-electron chi connectivity index (χ4n) is 2.04. The number of carbonyl (C=O) groups excluding carboxylic acids is 2. The number of carbonyl (C=O) groups is 2. The predicted molar refractivity (Wildman–Crippen MR) is 94.3 cm³/mol. The van der Waals surface area contributed by atoms with Crippen molar-refractivity contribution in [2.75, 3.05) is 20.2 Å². The number of hydrogen-bond acceptors (Lipinski definition) is 4. The van der Waals surface area contributed by atoms with Crippen LogP contribution in [-0.4, -0.2) is 42.1 Å². The monoisotopic (exact) mass is 340 g/mol. The Hall–Kier alpha value is -3.12. The Morgan fingerprint density at radius 2 is 1.80 bits per heavy atom. The maximum atomic E-state index is 12.0. The third-order valence-corrected chi connectivity index (χ3v) is 3.51. The van der Waals surface area contributed by atoms with Crippen molar-refractivity contribution in [3.63, 3.8) is 0 Å². The highest BCUT2D eigenvalue weighted by Crippen LogP contribution is 2.12. The van der Waals surface area contributed by atoms with Gasteiger partial charge in [0.15, 0.2) is 0 Å². The lowest BCUT2D eigenvalue weighted by Crippen LogP contribution is -2.29. The van der Waals surface area contributed by atoms with Crippen molar-refractivity contribution >= 4 is 17.9 Å². The Morgan fingerprint density at radius 1 is 1.12 bits per heavy atom. The highest BCUT2D eigenvalue weighted by Gasteiger charge is 2.06. The number of likely N-dealkylation sites (N-methyl/N-ethyl adjacent to an activating group) is 1. The van der Waals surface area contributed by atoms with E-state index >= 15 is 0 Å². The van der Waals surface area contributed by atoms with Crippen molar-refractivity contribution < 1.29 is 19.5 Å². The molecule has 0 fully saturated rings. The number of nitrogens with zero attached hydrogens (tertiary/aromatic N) is 1. The summed E-state index contributed by atoms with van der Waals surface area (Å²) in [5.74, 6) is -0.111. The van der Waals surface area contributed by atoms with Gasteiger partial charge >= 0.3 is 0 Å². The molecular weight excluding hydrogens is 320 g/mol. The number of ether oxygens (including phenoxy) is 1. The average Bonchev–Trinajstić information content (AvgIpc) is 2.66. The third kappa shape index (κ3) is 5.78. The maximum Gasteiger partial charge on any atom is 0.274 e. The van der Waals surface area contributed by atoms with E-state index in [0.29, 0.717) is 24.5 Å². The molecule has 0 aliphatic heterocycles. The molecule has 2 aromatic rings. The van der Waals surface area contributed by atoms with Crippen LogP contribution in [0.2, 0.25) is 0 Å². The van der Waals surface area contributed by atoms with E-state index < -0.39 is 5.91 Å². The summed E-state index contributed by atoms with van der Waals surface area (Å²) in [6, 6.07) is 15.9. The third-order valence-electron chi connectivity index (χ3n) is 3.51. The second kappa shape index (κ2) is 9.24. The molecule has 2 rings (SSSR count). The molecule has 0 saturated carbocycles. The Balaban J connectivity index is 1.77. The summed E-state index contributed by atoms with van der Waals surface area (Å²) in [6.07, 6.45) is 3.29. The van der Waals surface area contributed by atoms with E-state index in [9.17, 15) is 9.59 Å². The second-order valence-corrected chi connectivity index (χ2v) is 5.32. The summed E-state index contributed by atoms with van der Waals surface area (Å²) in [6.45, 7) is 0.754. The van der Waals surface area contributed by atoms with Crippen LogP contribution in [0.1, 0.15) is 15.9 Å². The van der Waals surface area contributed by atoms with Gasteiger partial charge in [-0.25, -0.2) is 5.48 Å². The molecule has 0 aliphatic carbocycles. The zero-order valence-electron chi connectivity index (χ0n) is 13.9. The summed E-state index contributed by atoms with van der Waals surface area (Å²) < 4.78 is 5.55. The lowest BCUT2D eigenvalue weighted by atomic mass is 10.2. The Kier molecular flexibility index (Phi) is 6.74. The van der Waals surface area contributed by atoms with Crippen LogP contribution >= 0.6 is 0 Å². The van der Waals surface area contributed by atoms with Crippen molar-refractivity contribution in [1.82, 2.24) is 10.4 Å². The molecule has 0 aliphatic rings. The minimum absolute atomic E-state index is 0.109. The van der Waals surface area contributed by atoms with Gasteiger partial charge in [0.2, 0.25) is 5.91 Å². The maximum absolute atomic E-state index is 12.0. The zero-order chi connectivity index (χ0) is 18.1. The molecule has 0 radical (unpaired) electrons. The fraction of sp³-hybridized carbons (Fsp3) is 0.158. The first-order chi connectivity index (χ1) is 12.1. The van der Waals surface area contributed by atoms with Crippen LogP contribution in [0.3, 0.4) is 0 Å². The van der Waals surface area contributed by atoms with Gasteiger partial charge in [-0.1, -0.05) is 30.3 Å². The number of hydroxylamine groups is 1. The van der Waals surface area contributed by atoms with Crippen molar-refractivity contribution in [2.45, 2.75) is 0 Å². The van der Waals surface area contributed by atoms with Gasteiger partial charge in [-0.3, -0.25) is 14.8 Å². The molecule has 2 aromatic carbocycles. The quantitative estimate of drug-likeness (QED) is 0.461. The highest BCUT2D eigenvalue weighted by molar-refractivity contribution is 5.93. The minimum atomic E-state index is -0.581. The molecule has 2 N–H and O–H groups in total. The summed E-state index contributed by atoms with van der Waals surface area (Å²) in [5, 5.41) is 8.55. The van der Waals surface area contributed by atoms with Crippen LogP contribution in [0.15, 0.2) is 60.7 Å². The fourth-order valence-corrected chi connectivity index (χ4v) is 2.04. The molecule has 0 atom stereocenters. The average molecular weight is 340 g/mol. The van der Waals surface area contributed by atoms with E-state index in [0.717, 1.165) is 5.56 Å². The van der Waals surface area contributed by atoms with Gasteiger partial charge in [0.1, 0.15) is 12.4 Å². The number of nitrogens with one attached hydrogen (secondary N) is 1. The Bertz CT molecular complexity index is 727. The van der Waals surface area contributed by atoms with Crippen molar-refractivity contribution in [3.8, 4) is 5.75 Å². The summed E-state index contributed by atoms with van der Waals surface area (Å²) in [7, 11) is 1.70. The molecule has 6 heteroatoms. The van der Waals surface area contributed by atoms with Crippen LogP contribution in [0.25, 0.3) is 6.08 Å². The van der Waals surface area contributed by atoms with E-state index in [1.807, 2.05) is 30.3 Å². The van der Waals surface area contributed by atoms with Gasteiger partial charge in [0.25, 0.3) is 5.91 Å². The standard InChI is InChI=1S/C19H20N2O4/c1-21(18(22)12-7-15-5-3-2-4-6-15)13-14-25-17-10-8-16(9-11-17)19(23)20-24/h2-12,24H,13-14H2,1H3,(H,20,23). The van der Waals surface area contributed by atoms with E-state index in [1.165, 1.54) is 6.08 Å². The number of rotatable bonds is 7. The van der Waals surface area contributed by atoms with Crippen molar-refractivity contribution in [1.29, 1.82) is 0 Å². The van der Waals surface area contributed by atoms with Gasteiger partial charge in [0.05, 0.1) is 6.54 Å². The zero-order valence-corrected chi connectivity index (χ0v) is 13.9.